The molecule has 0 amide bonds. The lowest BCUT2D eigenvalue weighted by atomic mass is 10.1. The van der Waals surface area contributed by atoms with E-state index in [9.17, 15) is 0 Å². The maximum Gasteiger partial charge on any atom is 0.0596 e. The minimum atomic E-state index is 0.459. The number of nitrogens with zero attached hydrogens (tertiary/aromatic N) is 3. The van der Waals surface area contributed by atoms with Gasteiger partial charge in [-0.15, -0.1) is 0 Å². The third kappa shape index (κ3) is 3.79. The summed E-state index contributed by atoms with van der Waals surface area (Å²) in [7, 11) is 0. The monoisotopic (exact) mass is 302 g/mol. The molecule has 1 aromatic heterocycles. The maximum atomic E-state index is 4.77. The summed E-state index contributed by atoms with van der Waals surface area (Å²) in [5, 5.41) is 3.57. The predicted octanol–water partition coefficient (Wildman–Crippen LogP) is 2.59. The summed E-state index contributed by atoms with van der Waals surface area (Å²) >= 11 is 0. The molecule has 3 heterocycles. The van der Waals surface area contributed by atoms with Crippen molar-refractivity contribution in [2.24, 2.45) is 5.92 Å². The summed E-state index contributed by atoms with van der Waals surface area (Å²) < 4.78 is 0. The Balaban J connectivity index is 1.67. The molecule has 2 aliphatic rings. The van der Waals surface area contributed by atoms with Gasteiger partial charge in [-0.3, -0.25) is 9.88 Å². The van der Waals surface area contributed by atoms with Gasteiger partial charge in [0.15, 0.2) is 0 Å². The lowest BCUT2D eigenvalue weighted by molar-refractivity contribution is 0.231. The van der Waals surface area contributed by atoms with Crippen molar-refractivity contribution in [2.75, 3.05) is 44.2 Å². The standard InChI is InChI=1S/C18H30N4/c1-14(2)13-21-7-9-22(10-8-21)16-11-15(3)20-18(12-16)17-5-4-6-19-17/h11-12,14,17,19H,4-10,13H2,1-3H3. The van der Waals surface area contributed by atoms with Gasteiger partial charge in [-0.05, 0) is 44.4 Å². The number of hydrogen-bond acceptors (Lipinski definition) is 4. The highest BCUT2D eigenvalue weighted by Gasteiger charge is 2.21. The van der Waals surface area contributed by atoms with Gasteiger partial charge in [-0.2, -0.15) is 0 Å². The van der Waals surface area contributed by atoms with Gasteiger partial charge in [-0.1, -0.05) is 13.8 Å². The molecule has 0 saturated carbocycles. The quantitative estimate of drug-likeness (QED) is 0.926. The van der Waals surface area contributed by atoms with E-state index in [-0.39, 0.29) is 0 Å². The molecule has 0 aliphatic carbocycles. The lowest BCUT2D eigenvalue weighted by Crippen LogP contribution is -2.47. The molecule has 1 unspecified atom stereocenters. The number of hydrogen-bond donors (Lipinski definition) is 1. The molecule has 4 heteroatoms. The van der Waals surface area contributed by atoms with Gasteiger partial charge in [0, 0.05) is 50.1 Å². The molecule has 2 fully saturated rings. The molecule has 1 atom stereocenters. The van der Waals surface area contributed by atoms with Gasteiger partial charge in [0.25, 0.3) is 0 Å². The van der Waals surface area contributed by atoms with Gasteiger partial charge in [0.2, 0.25) is 0 Å². The summed E-state index contributed by atoms with van der Waals surface area (Å²) in [6, 6.07) is 5.02. The van der Waals surface area contributed by atoms with Gasteiger partial charge in [0.05, 0.1) is 5.69 Å². The Kier molecular flexibility index (Phi) is 4.99. The molecule has 22 heavy (non-hydrogen) atoms. The van der Waals surface area contributed by atoms with E-state index in [0.29, 0.717) is 6.04 Å². The minimum absolute atomic E-state index is 0.459. The van der Waals surface area contributed by atoms with E-state index in [1.54, 1.807) is 0 Å². The lowest BCUT2D eigenvalue weighted by Gasteiger charge is -2.37. The van der Waals surface area contributed by atoms with Crippen LogP contribution in [0.5, 0.6) is 0 Å². The van der Waals surface area contributed by atoms with Crippen LogP contribution in [-0.4, -0.2) is 49.2 Å². The molecule has 1 aromatic rings. The fourth-order valence-corrected chi connectivity index (χ4v) is 3.68. The van der Waals surface area contributed by atoms with Crippen molar-refractivity contribution in [3.63, 3.8) is 0 Å². The summed E-state index contributed by atoms with van der Waals surface area (Å²) in [6.45, 7) is 13.7. The topological polar surface area (TPSA) is 31.4 Å². The van der Waals surface area contributed by atoms with Crippen molar-refractivity contribution in [1.82, 2.24) is 15.2 Å². The van der Waals surface area contributed by atoms with Crippen molar-refractivity contribution in [2.45, 2.75) is 39.7 Å². The minimum Gasteiger partial charge on any atom is -0.369 e. The highest BCUT2D eigenvalue weighted by Crippen LogP contribution is 2.26. The third-order valence-corrected chi connectivity index (χ3v) is 4.74. The zero-order valence-electron chi connectivity index (χ0n) is 14.3. The highest BCUT2D eigenvalue weighted by atomic mass is 15.3. The molecule has 3 rings (SSSR count). The van der Waals surface area contributed by atoms with E-state index in [4.69, 9.17) is 4.98 Å². The highest BCUT2D eigenvalue weighted by molar-refractivity contribution is 5.49. The Labute approximate surface area is 134 Å². The van der Waals surface area contributed by atoms with Gasteiger partial charge in [-0.25, -0.2) is 0 Å². The molecule has 0 bridgehead atoms. The molecule has 0 radical (unpaired) electrons. The first-order valence-electron chi connectivity index (χ1n) is 8.81. The van der Waals surface area contributed by atoms with Crippen LogP contribution < -0.4 is 10.2 Å². The molecule has 2 aliphatic heterocycles. The summed E-state index contributed by atoms with van der Waals surface area (Å²) in [4.78, 5) is 9.89. The second-order valence-corrected chi connectivity index (χ2v) is 7.22. The van der Waals surface area contributed by atoms with Gasteiger partial charge in [0.1, 0.15) is 0 Å². The molecular formula is C18H30N4. The van der Waals surface area contributed by atoms with Crippen LogP contribution in [0, 0.1) is 12.8 Å². The Hall–Kier alpha value is -1.13. The van der Waals surface area contributed by atoms with Crippen molar-refractivity contribution >= 4 is 5.69 Å². The largest absolute Gasteiger partial charge is 0.369 e. The molecule has 122 valence electrons. The fourth-order valence-electron chi connectivity index (χ4n) is 3.68. The van der Waals surface area contributed by atoms with Crippen LogP contribution in [0.3, 0.4) is 0 Å². The second kappa shape index (κ2) is 6.97. The normalized spacial score (nSPS) is 23.5. The zero-order chi connectivity index (χ0) is 15.5. The predicted molar refractivity (Wildman–Crippen MR) is 92.4 cm³/mol. The van der Waals surface area contributed by atoms with E-state index in [0.717, 1.165) is 31.2 Å². The molecule has 1 N–H and O–H groups in total. The van der Waals surface area contributed by atoms with Crippen LogP contribution in [-0.2, 0) is 0 Å². The smallest absolute Gasteiger partial charge is 0.0596 e. The summed E-state index contributed by atoms with van der Waals surface area (Å²) in [5.41, 5.74) is 3.74. The molecule has 4 nitrogen and oxygen atoms in total. The average molecular weight is 302 g/mol. The molecule has 0 aromatic carbocycles. The zero-order valence-corrected chi connectivity index (χ0v) is 14.3. The molecule has 2 saturated heterocycles. The third-order valence-electron chi connectivity index (χ3n) is 4.74. The average Bonchev–Trinajstić information content (AvgIpc) is 3.01. The molecule has 0 spiro atoms. The number of piperazine rings is 1. The van der Waals surface area contributed by atoms with Crippen LogP contribution >= 0.6 is 0 Å². The van der Waals surface area contributed by atoms with E-state index >= 15 is 0 Å². The van der Waals surface area contributed by atoms with Crippen LogP contribution in [0.25, 0.3) is 0 Å². The number of anilines is 1. The van der Waals surface area contributed by atoms with Crippen LogP contribution in [0.15, 0.2) is 12.1 Å². The van der Waals surface area contributed by atoms with E-state index < -0.39 is 0 Å². The number of pyridine rings is 1. The van der Waals surface area contributed by atoms with Crippen molar-refractivity contribution in [1.29, 1.82) is 0 Å². The summed E-state index contributed by atoms with van der Waals surface area (Å²) in [6.07, 6.45) is 2.49. The number of rotatable bonds is 4. The van der Waals surface area contributed by atoms with E-state index in [1.807, 2.05) is 0 Å². The summed E-state index contributed by atoms with van der Waals surface area (Å²) in [5.74, 6) is 0.759. The number of aryl methyl sites for hydroxylation is 1. The van der Waals surface area contributed by atoms with Crippen LogP contribution in [0.4, 0.5) is 5.69 Å². The van der Waals surface area contributed by atoms with Gasteiger partial charge >= 0.3 is 0 Å². The fraction of sp³-hybridized carbons (Fsp3) is 0.722. The maximum absolute atomic E-state index is 4.77. The Morgan fingerprint density at radius 3 is 2.64 bits per heavy atom. The first-order valence-corrected chi connectivity index (χ1v) is 8.81. The van der Waals surface area contributed by atoms with Gasteiger partial charge < -0.3 is 10.2 Å². The SMILES string of the molecule is Cc1cc(N2CCN(CC(C)C)CC2)cc(C2CCCN2)n1. The van der Waals surface area contributed by atoms with Crippen molar-refractivity contribution < 1.29 is 0 Å². The first kappa shape index (κ1) is 15.8. The van der Waals surface area contributed by atoms with E-state index in [2.05, 4.69) is 48.0 Å². The Morgan fingerprint density at radius 2 is 2.00 bits per heavy atom. The van der Waals surface area contributed by atoms with Crippen molar-refractivity contribution in [3.05, 3.63) is 23.5 Å². The Bertz CT molecular complexity index is 486. The second-order valence-electron chi connectivity index (χ2n) is 7.22. The van der Waals surface area contributed by atoms with E-state index in [1.165, 1.54) is 43.9 Å². The number of nitrogens with one attached hydrogen (secondary N) is 1. The molecular weight excluding hydrogens is 272 g/mol. The first-order chi connectivity index (χ1) is 10.6. The van der Waals surface area contributed by atoms with Crippen molar-refractivity contribution in [3.8, 4) is 0 Å². The van der Waals surface area contributed by atoms with Crippen LogP contribution in [0.1, 0.15) is 44.1 Å². The van der Waals surface area contributed by atoms with Crippen LogP contribution in [0.2, 0.25) is 0 Å². The number of aromatic nitrogens is 1. The Morgan fingerprint density at radius 1 is 1.23 bits per heavy atom.